The maximum atomic E-state index is 5.72. The van der Waals surface area contributed by atoms with Crippen LogP contribution in [-0.2, 0) is 0 Å². The zero-order valence-corrected chi connectivity index (χ0v) is 17.8. The molecule has 0 aliphatic carbocycles. The Kier molecular flexibility index (Phi) is 12.1. The van der Waals surface area contributed by atoms with Gasteiger partial charge in [0.2, 0.25) is 0 Å². The quantitative estimate of drug-likeness (QED) is 0.416. The van der Waals surface area contributed by atoms with Crippen LogP contribution in [0.1, 0.15) is 0 Å². The fourth-order valence-corrected chi connectivity index (χ4v) is 2.50. The van der Waals surface area contributed by atoms with Crippen LogP contribution in [0.15, 0.2) is 42.5 Å². The smallest absolute Gasteiger partial charge is 0.121 e. The summed E-state index contributed by atoms with van der Waals surface area (Å²) in [5.41, 5.74) is 1.86. The van der Waals surface area contributed by atoms with Gasteiger partial charge < -0.3 is 20.1 Å². The Balaban J connectivity index is 0.00000225. The monoisotopic (exact) mass is 433 g/mol. The van der Waals surface area contributed by atoms with E-state index in [0.717, 1.165) is 46.4 Å². The van der Waals surface area contributed by atoms with E-state index in [0.29, 0.717) is 13.2 Å². The van der Waals surface area contributed by atoms with Gasteiger partial charge in [-0.3, -0.25) is 0 Å². The van der Waals surface area contributed by atoms with E-state index in [1.807, 2.05) is 50.5 Å². The molecule has 5 nitrogen and oxygen atoms in total. The molecular formula is C19H26Cl3N3O2. The lowest BCUT2D eigenvalue weighted by molar-refractivity contribution is 0.319. The number of hydrogen-bond donors (Lipinski definition) is 2. The van der Waals surface area contributed by atoms with Crippen LogP contribution in [0.3, 0.4) is 0 Å². The molecule has 0 radical (unpaired) electrons. The van der Waals surface area contributed by atoms with Gasteiger partial charge in [0.15, 0.2) is 0 Å². The lowest BCUT2D eigenvalue weighted by Crippen LogP contribution is -2.15. The average molecular weight is 435 g/mol. The standard InChI is InChI=1S/C19H23N3O2.3ClH/c1-20-7-9-23-16-5-3-14-11-15-4-6-17(24-10-8-21-2)13-19(15)22-18(14)12-16;;;/h3-6,11-13,20-21H,7-10H2,1-2H3;3*1H. The number of nitrogens with one attached hydrogen (secondary N) is 2. The predicted octanol–water partition coefficient (Wildman–Crippen LogP) is 3.85. The van der Waals surface area contributed by atoms with Gasteiger partial charge in [-0.2, -0.15) is 0 Å². The van der Waals surface area contributed by atoms with Crippen molar-refractivity contribution in [1.82, 2.24) is 15.6 Å². The van der Waals surface area contributed by atoms with E-state index in [9.17, 15) is 0 Å². The molecule has 0 saturated heterocycles. The summed E-state index contributed by atoms with van der Waals surface area (Å²) in [5, 5.41) is 8.34. The second-order valence-electron chi connectivity index (χ2n) is 5.60. The molecule has 2 aromatic carbocycles. The van der Waals surface area contributed by atoms with Crippen LogP contribution in [0.5, 0.6) is 11.5 Å². The molecule has 27 heavy (non-hydrogen) atoms. The minimum Gasteiger partial charge on any atom is -0.492 e. The van der Waals surface area contributed by atoms with E-state index < -0.39 is 0 Å². The molecule has 1 heterocycles. The normalized spacial score (nSPS) is 9.85. The highest BCUT2D eigenvalue weighted by Crippen LogP contribution is 2.26. The Hall–Kier alpha value is -1.50. The topological polar surface area (TPSA) is 55.4 Å². The minimum atomic E-state index is 0. The first-order chi connectivity index (χ1) is 11.8. The Morgan fingerprint density at radius 2 is 1.15 bits per heavy atom. The van der Waals surface area contributed by atoms with Crippen molar-refractivity contribution in [3.63, 3.8) is 0 Å². The van der Waals surface area contributed by atoms with E-state index in [2.05, 4.69) is 16.7 Å². The molecule has 3 rings (SSSR count). The molecule has 150 valence electrons. The molecule has 0 aliphatic heterocycles. The van der Waals surface area contributed by atoms with Crippen molar-refractivity contribution in [2.24, 2.45) is 0 Å². The third kappa shape index (κ3) is 6.87. The molecule has 3 aromatic rings. The summed E-state index contributed by atoms with van der Waals surface area (Å²) in [6.45, 7) is 2.91. The first-order valence-electron chi connectivity index (χ1n) is 8.19. The molecule has 0 aliphatic rings. The van der Waals surface area contributed by atoms with E-state index >= 15 is 0 Å². The van der Waals surface area contributed by atoms with Gasteiger partial charge in [0.25, 0.3) is 0 Å². The first-order valence-corrected chi connectivity index (χ1v) is 8.19. The van der Waals surface area contributed by atoms with Gasteiger partial charge in [-0.1, -0.05) is 0 Å². The predicted molar refractivity (Wildman–Crippen MR) is 120 cm³/mol. The molecule has 0 amide bonds. The van der Waals surface area contributed by atoms with E-state index in [1.54, 1.807) is 0 Å². The summed E-state index contributed by atoms with van der Waals surface area (Å²) >= 11 is 0. The third-order valence-corrected chi connectivity index (χ3v) is 3.80. The summed E-state index contributed by atoms with van der Waals surface area (Å²) in [6.07, 6.45) is 0. The van der Waals surface area contributed by atoms with Crippen molar-refractivity contribution in [3.05, 3.63) is 42.5 Å². The molecule has 0 bridgehead atoms. The fraction of sp³-hybridized carbons (Fsp3) is 0.316. The Morgan fingerprint density at radius 3 is 1.56 bits per heavy atom. The molecule has 8 heteroatoms. The van der Waals surface area contributed by atoms with Crippen molar-refractivity contribution in [3.8, 4) is 11.5 Å². The van der Waals surface area contributed by atoms with Gasteiger partial charge in [-0.25, -0.2) is 4.98 Å². The van der Waals surface area contributed by atoms with E-state index in [-0.39, 0.29) is 37.2 Å². The van der Waals surface area contributed by atoms with Crippen molar-refractivity contribution in [2.75, 3.05) is 40.4 Å². The van der Waals surface area contributed by atoms with Gasteiger partial charge in [0, 0.05) is 36.0 Å². The van der Waals surface area contributed by atoms with Crippen molar-refractivity contribution >= 4 is 59.0 Å². The van der Waals surface area contributed by atoms with Crippen molar-refractivity contribution in [2.45, 2.75) is 0 Å². The molecule has 0 atom stereocenters. The van der Waals surface area contributed by atoms with Crippen LogP contribution in [0.2, 0.25) is 0 Å². The number of likely N-dealkylation sites (N-methyl/N-ethyl adjacent to an activating group) is 2. The highest BCUT2D eigenvalue weighted by atomic mass is 35.5. The van der Waals surface area contributed by atoms with Crippen LogP contribution < -0.4 is 20.1 Å². The average Bonchev–Trinajstić information content (AvgIpc) is 2.60. The maximum Gasteiger partial charge on any atom is 0.121 e. The third-order valence-electron chi connectivity index (χ3n) is 3.80. The molecule has 0 unspecified atom stereocenters. The maximum absolute atomic E-state index is 5.72. The molecule has 2 N–H and O–H groups in total. The molecule has 1 aromatic heterocycles. The van der Waals surface area contributed by atoms with Crippen molar-refractivity contribution < 1.29 is 9.47 Å². The molecule has 0 spiro atoms. The molecule has 0 saturated carbocycles. The minimum absolute atomic E-state index is 0. The van der Waals surface area contributed by atoms with E-state index in [4.69, 9.17) is 14.5 Å². The highest BCUT2D eigenvalue weighted by molar-refractivity contribution is 5.93. The lowest BCUT2D eigenvalue weighted by Gasteiger charge is -2.09. The SMILES string of the molecule is CNCCOc1ccc2cc3ccc(OCCNC)cc3nc2c1.Cl.Cl.Cl. The second-order valence-corrected chi connectivity index (χ2v) is 5.60. The molecule has 0 fully saturated rings. The summed E-state index contributed by atoms with van der Waals surface area (Å²) in [7, 11) is 3.82. The van der Waals surface area contributed by atoms with Crippen LogP contribution in [0, 0.1) is 0 Å². The number of hydrogen-bond acceptors (Lipinski definition) is 5. The summed E-state index contributed by atoms with van der Waals surface area (Å²) < 4.78 is 11.4. The Labute approximate surface area is 178 Å². The summed E-state index contributed by atoms with van der Waals surface area (Å²) in [5.74, 6) is 1.68. The zero-order chi connectivity index (χ0) is 16.8. The summed E-state index contributed by atoms with van der Waals surface area (Å²) in [6, 6.07) is 14.2. The number of nitrogens with zero attached hydrogens (tertiary/aromatic N) is 1. The largest absolute Gasteiger partial charge is 0.492 e. The fourth-order valence-electron chi connectivity index (χ4n) is 2.50. The second kappa shape index (κ2) is 12.8. The first kappa shape index (κ1) is 25.5. The van der Waals surface area contributed by atoms with Gasteiger partial charge >= 0.3 is 0 Å². The number of halogens is 3. The van der Waals surface area contributed by atoms with Gasteiger partial charge in [-0.15, -0.1) is 37.2 Å². The van der Waals surface area contributed by atoms with Crippen LogP contribution in [0.25, 0.3) is 21.8 Å². The molecular weight excluding hydrogens is 409 g/mol. The zero-order valence-electron chi connectivity index (χ0n) is 15.4. The van der Waals surface area contributed by atoms with Gasteiger partial charge in [0.1, 0.15) is 24.7 Å². The van der Waals surface area contributed by atoms with Gasteiger partial charge in [-0.05, 0) is 44.4 Å². The van der Waals surface area contributed by atoms with Crippen LogP contribution >= 0.6 is 37.2 Å². The van der Waals surface area contributed by atoms with Crippen LogP contribution in [0.4, 0.5) is 0 Å². The van der Waals surface area contributed by atoms with Crippen LogP contribution in [-0.4, -0.2) is 45.4 Å². The number of pyridine rings is 1. The number of aromatic nitrogens is 1. The Bertz CT molecular complexity index is 769. The van der Waals surface area contributed by atoms with Crippen molar-refractivity contribution in [1.29, 1.82) is 0 Å². The van der Waals surface area contributed by atoms with E-state index in [1.165, 1.54) is 0 Å². The number of benzene rings is 2. The number of ether oxygens (including phenoxy) is 2. The highest BCUT2D eigenvalue weighted by Gasteiger charge is 2.04. The number of rotatable bonds is 8. The summed E-state index contributed by atoms with van der Waals surface area (Å²) in [4.78, 5) is 4.76. The van der Waals surface area contributed by atoms with Gasteiger partial charge in [0.05, 0.1) is 11.0 Å². The Morgan fingerprint density at radius 1 is 0.704 bits per heavy atom. The number of fused-ring (bicyclic) bond motifs is 2. The lowest BCUT2D eigenvalue weighted by atomic mass is 10.1.